The van der Waals surface area contributed by atoms with Gasteiger partial charge < -0.3 is 5.73 Å². The third-order valence-corrected chi connectivity index (χ3v) is 3.32. The molecule has 0 radical (unpaired) electrons. The smallest absolute Gasteiger partial charge is 0.264 e. The van der Waals surface area contributed by atoms with Gasteiger partial charge in [-0.2, -0.15) is 0 Å². The van der Waals surface area contributed by atoms with Gasteiger partial charge in [0, 0.05) is 14.8 Å². The van der Waals surface area contributed by atoms with Crippen molar-refractivity contribution in [2.75, 3.05) is 5.73 Å². The number of aryl methyl sites for hydroxylation is 1. The van der Waals surface area contributed by atoms with Crippen LogP contribution >= 0.6 is 0 Å². The summed E-state index contributed by atoms with van der Waals surface area (Å²) in [6.07, 6.45) is -4.08. The molecule has 3 atom stereocenters. The van der Waals surface area contributed by atoms with Crippen molar-refractivity contribution in [3.63, 3.8) is 0 Å². The van der Waals surface area contributed by atoms with Gasteiger partial charge in [0.05, 0.1) is 26.1 Å². The summed E-state index contributed by atoms with van der Waals surface area (Å²) in [6, 6.07) is 0.252. The van der Waals surface area contributed by atoms with Crippen molar-refractivity contribution in [1.29, 1.82) is 0 Å². The van der Waals surface area contributed by atoms with Crippen molar-refractivity contribution >= 4 is 28.2 Å². The number of carbonyl (C=O) groups excluding carboxylic acids is 2. The number of nitrogen functional groups attached to an aromatic ring is 1. The van der Waals surface area contributed by atoms with Crippen LogP contribution in [0.1, 0.15) is 36.5 Å². The maximum absolute atomic E-state index is 13.0. The number of Topliss-reactive ketones (excluding diaryl/α,β-unsaturated/α-hetero) is 2. The second-order valence-corrected chi connectivity index (χ2v) is 4.74. The molecule has 3 unspecified atom stereocenters. The minimum absolute atomic E-state index is 0.00298. The normalized spacial score (nSPS) is 32.4. The number of benzene rings is 1. The fourth-order valence-corrected chi connectivity index (χ4v) is 2.36. The molecule has 2 aromatic rings. The minimum atomic E-state index is -2.45. The number of hydrogen-bond donors (Lipinski definition) is 1. The molecule has 3 rings (SSSR count). The van der Waals surface area contributed by atoms with Crippen molar-refractivity contribution in [3.8, 4) is 0 Å². The molecule has 1 aromatic carbocycles. The highest BCUT2D eigenvalue weighted by Crippen LogP contribution is 2.24. The quantitative estimate of drug-likeness (QED) is 0.627. The zero-order valence-corrected chi connectivity index (χ0v) is 11.2. The second-order valence-electron chi connectivity index (χ2n) is 4.74. The summed E-state index contributed by atoms with van der Waals surface area (Å²) >= 11 is 0. The molecular formula is C15H15N3O3. The number of rotatable bonds is 1. The van der Waals surface area contributed by atoms with Crippen LogP contribution in [0, 0.1) is 6.92 Å². The summed E-state index contributed by atoms with van der Waals surface area (Å²) in [4.78, 5) is 41.2. The van der Waals surface area contributed by atoms with Gasteiger partial charge in [0.25, 0.3) is 5.56 Å². The van der Waals surface area contributed by atoms with Crippen LogP contribution in [0.5, 0.6) is 0 Å². The van der Waals surface area contributed by atoms with E-state index in [1.807, 2.05) is 0 Å². The standard InChI is InChI=1S/C15H15N3O3/c1-8-17-11-4-2-3-10(16)14(11)15(21)18(8)12-6-5-9(19)7-13(12)20/h2-4,12H,5-7,16H2,1H3/i3D,5D,6D,12D. The molecule has 1 aliphatic carbocycles. The number of nitrogens with zero attached hydrogens (tertiary/aromatic N) is 2. The lowest BCUT2D eigenvalue weighted by Crippen LogP contribution is -2.36. The Labute approximate surface area is 126 Å². The predicted octanol–water partition coefficient (Wildman–Crippen LogP) is 1.15. The Kier molecular flexibility index (Phi) is 2.16. The van der Waals surface area contributed by atoms with E-state index in [2.05, 4.69) is 4.98 Å². The van der Waals surface area contributed by atoms with Crippen molar-refractivity contribution in [2.45, 2.75) is 32.2 Å². The first-order valence-corrected chi connectivity index (χ1v) is 6.30. The van der Waals surface area contributed by atoms with E-state index in [0.29, 0.717) is 0 Å². The number of anilines is 1. The van der Waals surface area contributed by atoms with E-state index in [0.717, 1.165) is 4.57 Å². The molecule has 1 heterocycles. The van der Waals surface area contributed by atoms with Crippen LogP contribution in [0.4, 0.5) is 5.69 Å². The number of nitrogens with two attached hydrogens (primary N) is 1. The Bertz CT molecular complexity index is 990. The first kappa shape index (κ1) is 9.44. The van der Waals surface area contributed by atoms with Crippen LogP contribution < -0.4 is 11.3 Å². The lowest BCUT2D eigenvalue weighted by atomic mass is 9.92. The molecule has 0 bridgehead atoms. The van der Waals surface area contributed by atoms with Crippen molar-refractivity contribution in [2.24, 2.45) is 0 Å². The van der Waals surface area contributed by atoms with Crippen LogP contribution in [0.2, 0.25) is 0 Å². The lowest BCUT2D eigenvalue weighted by molar-refractivity contribution is -0.132. The minimum Gasteiger partial charge on any atom is -0.398 e. The number of fused-ring (bicyclic) bond motifs is 1. The highest BCUT2D eigenvalue weighted by atomic mass is 16.2. The van der Waals surface area contributed by atoms with Gasteiger partial charge in [-0.3, -0.25) is 19.0 Å². The zero-order chi connectivity index (χ0) is 18.7. The van der Waals surface area contributed by atoms with Gasteiger partial charge in [-0.1, -0.05) is 6.07 Å². The monoisotopic (exact) mass is 289 g/mol. The summed E-state index contributed by atoms with van der Waals surface area (Å²) in [5, 5.41) is -0.122. The van der Waals surface area contributed by atoms with Gasteiger partial charge >= 0.3 is 0 Å². The number of hydrogen-bond acceptors (Lipinski definition) is 5. The van der Waals surface area contributed by atoms with Gasteiger partial charge in [0.2, 0.25) is 0 Å². The summed E-state index contributed by atoms with van der Waals surface area (Å²) in [5.41, 5.74) is 5.03. The Balaban J connectivity index is 2.39. The predicted molar refractivity (Wildman–Crippen MR) is 78.1 cm³/mol. The maximum atomic E-state index is 13.0. The van der Waals surface area contributed by atoms with Gasteiger partial charge in [0.15, 0.2) is 5.78 Å². The topological polar surface area (TPSA) is 95.0 Å². The van der Waals surface area contributed by atoms with Crippen LogP contribution in [-0.2, 0) is 9.59 Å². The lowest BCUT2D eigenvalue weighted by Gasteiger charge is -2.24. The molecule has 1 aliphatic rings. The molecule has 6 nitrogen and oxygen atoms in total. The van der Waals surface area contributed by atoms with E-state index in [1.54, 1.807) is 0 Å². The largest absolute Gasteiger partial charge is 0.398 e. The summed E-state index contributed by atoms with van der Waals surface area (Å²) in [6.45, 7) is 1.40. The van der Waals surface area contributed by atoms with Gasteiger partial charge in [0.1, 0.15) is 11.6 Å². The Morgan fingerprint density at radius 2 is 2.29 bits per heavy atom. The van der Waals surface area contributed by atoms with Gasteiger partial charge in [-0.15, -0.1) is 0 Å². The highest BCUT2D eigenvalue weighted by Gasteiger charge is 2.30. The van der Waals surface area contributed by atoms with E-state index in [1.165, 1.54) is 19.1 Å². The first-order chi connectivity index (χ1) is 11.6. The molecule has 108 valence electrons. The summed E-state index contributed by atoms with van der Waals surface area (Å²) < 4.78 is 32.8. The average Bonchev–Trinajstić information content (AvgIpc) is 2.54. The van der Waals surface area contributed by atoms with Gasteiger partial charge in [-0.05, 0) is 25.4 Å². The van der Waals surface area contributed by atoms with Crippen LogP contribution in [0.3, 0.4) is 0 Å². The van der Waals surface area contributed by atoms with E-state index < -0.39 is 42.4 Å². The molecule has 21 heavy (non-hydrogen) atoms. The molecule has 6 heteroatoms. The number of carbonyl (C=O) groups is 2. The fraction of sp³-hybridized carbons (Fsp3) is 0.333. The second kappa shape index (κ2) is 4.80. The van der Waals surface area contributed by atoms with Crippen molar-refractivity contribution < 1.29 is 15.1 Å². The first-order valence-electron chi connectivity index (χ1n) is 8.45. The molecule has 0 aliphatic heterocycles. The van der Waals surface area contributed by atoms with Gasteiger partial charge in [-0.25, -0.2) is 4.98 Å². The zero-order valence-electron chi connectivity index (χ0n) is 15.2. The molecular weight excluding hydrogens is 270 g/mol. The van der Waals surface area contributed by atoms with E-state index in [9.17, 15) is 14.4 Å². The Morgan fingerprint density at radius 1 is 1.52 bits per heavy atom. The van der Waals surface area contributed by atoms with E-state index >= 15 is 0 Å². The van der Waals surface area contributed by atoms with Crippen LogP contribution in [0.15, 0.2) is 23.0 Å². The van der Waals surface area contributed by atoms with E-state index in [-0.39, 0.29) is 28.5 Å². The maximum Gasteiger partial charge on any atom is 0.264 e. The molecule has 0 spiro atoms. The van der Waals surface area contributed by atoms with Crippen LogP contribution in [-0.4, -0.2) is 21.1 Å². The van der Waals surface area contributed by atoms with Crippen molar-refractivity contribution in [1.82, 2.24) is 9.55 Å². The molecule has 1 aromatic heterocycles. The molecule has 0 amide bonds. The SMILES string of the molecule is [2H]c1ccc2nc(C)n(C3([2H])C(=O)CC(=O)C([2H])C3[2H])c(=O)c2c1N. The third kappa shape index (κ3) is 2.12. The van der Waals surface area contributed by atoms with E-state index in [4.69, 9.17) is 11.2 Å². The fourth-order valence-electron chi connectivity index (χ4n) is 2.36. The highest BCUT2D eigenvalue weighted by molar-refractivity contribution is 6.03. The van der Waals surface area contributed by atoms with Crippen LogP contribution in [0.25, 0.3) is 10.9 Å². The molecule has 2 N–H and O–H groups in total. The summed E-state index contributed by atoms with van der Waals surface area (Å²) in [7, 11) is 0. The Morgan fingerprint density at radius 3 is 3.05 bits per heavy atom. The van der Waals surface area contributed by atoms with Crippen molar-refractivity contribution in [3.05, 3.63) is 34.4 Å². The number of ketones is 2. The Hall–Kier alpha value is -2.50. The average molecular weight is 289 g/mol. The third-order valence-electron chi connectivity index (χ3n) is 3.32. The number of aromatic nitrogens is 2. The molecule has 1 saturated carbocycles. The molecule has 0 saturated heterocycles. The molecule has 1 fully saturated rings. The summed E-state index contributed by atoms with van der Waals surface area (Å²) in [5.74, 6) is -1.69.